The van der Waals surface area contributed by atoms with E-state index in [9.17, 15) is 0 Å². The molecule has 0 rings (SSSR count). The Morgan fingerprint density at radius 1 is 0.941 bits per heavy atom. The van der Waals surface area contributed by atoms with Gasteiger partial charge in [0.15, 0.2) is 6.29 Å². The summed E-state index contributed by atoms with van der Waals surface area (Å²) < 4.78 is 11.1. The largest absolute Gasteiger partial charge is 0.353 e. The predicted molar refractivity (Wildman–Crippen MR) is 77.3 cm³/mol. The van der Waals surface area contributed by atoms with E-state index >= 15 is 0 Å². The minimum absolute atomic E-state index is 0.0507. The molecule has 0 heterocycles. The van der Waals surface area contributed by atoms with Crippen molar-refractivity contribution in [2.45, 2.75) is 64.3 Å². The zero-order chi connectivity index (χ0) is 12.8. The number of unbranched alkanes of at least 4 members (excludes halogenated alkanes) is 3. The topological polar surface area (TPSA) is 44.5 Å². The minimum Gasteiger partial charge on any atom is -0.353 e. The van der Waals surface area contributed by atoms with Gasteiger partial charge in [0.1, 0.15) is 0 Å². The molecule has 0 aliphatic rings. The summed E-state index contributed by atoms with van der Waals surface area (Å²) in [5, 5.41) is 0. The van der Waals surface area contributed by atoms with Gasteiger partial charge in [-0.05, 0) is 33.2 Å². The van der Waals surface area contributed by atoms with Crippen molar-refractivity contribution in [3.8, 4) is 0 Å². The number of hydrogen-bond donors (Lipinski definition) is 1. The molecule has 0 aromatic rings. The average molecular weight is 261 g/mol. The molecule has 0 aliphatic heterocycles. The first kappa shape index (κ1) is 17.1. The van der Waals surface area contributed by atoms with Crippen LogP contribution in [0, 0.1) is 0 Å². The number of ether oxygens (including phenoxy) is 2. The highest BCUT2D eigenvalue weighted by atomic mass is 28.2. The first-order chi connectivity index (χ1) is 8.35. The van der Waals surface area contributed by atoms with Gasteiger partial charge >= 0.3 is 0 Å². The molecule has 3 nitrogen and oxygen atoms in total. The van der Waals surface area contributed by atoms with Gasteiger partial charge in [-0.1, -0.05) is 31.4 Å². The highest BCUT2D eigenvalue weighted by Crippen LogP contribution is 2.08. The van der Waals surface area contributed by atoms with E-state index in [2.05, 4.69) is 0 Å². The normalized spacial score (nSPS) is 12.0. The van der Waals surface area contributed by atoms with Gasteiger partial charge in [-0.2, -0.15) is 0 Å². The van der Waals surface area contributed by atoms with Crippen LogP contribution in [0.4, 0.5) is 0 Å². The van der Waals surface area contributed by atoms with E-state index < -0.39 is 0 Å². The van der Waals surface area contributed by atoms with E-state index in [1.54, 1.807) is 0 Å². The van der Waals surface area contributed by atoms with Crippen molar-refractivity contribution in [1.82, 2.24) is 0 Å². The van der Waals surface area contributed by atoms with Crippen LogP contribution in [0.1, 0.15) is 46.0 Å². The second-order valence-corrected chi connectivity index (χ2v) is 6.51. The van der Waals surface area contributed by atoms with Crippen molar-refractivity contribution < 1.29 is 9.47 Å². The van der Waals surface area contributed by atoms with Gasteiger partial charge in [0.05, 0.1) is 0 Å². The van der Waals surface area contributed by atoms with Gasteiger partial charge in [0.2, 0.25) is 0 Å². The van der Waals surface area contributed by atoms with Crippen LogP contribution in [0.15, 0.2) is 0 Å². The van der Waals surface area contributed by atoms with Gasteiger partial charge in [-0.25, -0.2) is 0 Å². The van der Waals surface area contributed by atoms with Crippen molar-refractivity contribution >= 4 is 9.52 Å². The summed E-state index contributed by atoms with van der Waals surface area (Å²) in [5.74, 6) is 0. The molecular formula is C13H31NO2Si. The highest BCUT2D eigenvalue weighted by Gasteiger charge is 2.06. The lowest BCUT2D eigenvalue weighted by Gasteiger charge is -2.16. The van der Waals surface area contributed by atoms with E-state index in [1.165, 1.54) is 37.8 Å². The molecule has 0 aromatic carbocycles. The zero-order valence-electron chi connectivity index (χ0n) is 11.7. The van der Waals surface area contributed by atoms with Crippen LogP contribution in [-0.2, 0) is 9.47 Å². The molecule has 104 valence electrons. The van der Waals surface area contributed by atoms with Gasteiger partial charge in [0, 0.05) is 22.7 Å². The molecule has 17 heavy (non-hydrogen) atoms. The molecule has 4 heteroatoms. The third-order valence-electron chi connectivity index (χ3n) is 2.85. The minimum atomic E-state index is 0.0507. The molecule has 0 unspecified atom stereocenters. The Kier molecular flexibility index (Phi) is 14.2. The number of nitrogens with two attached hydrogens (primary N) is 1. The molecule has 0 saturated carbocycles. The van der Waals surface area contributed by atoms with E-state index in [0.29, 0.717) is 0 Å². The first-order valence-corrected chi connectivity index (χ1v) is 9.28. The molecule has 0 aromatic heterocycles. The molecule has 0 amide bonds. The predicted octanol–water partition coefficient (Wildman–Crippen LogP) is 2.30. The summed E-state index contributed by atoms with van der Waals surface area (Å²) in [4.78, 5) is 0. The van der Waals surface area contributed by atoms with Crippen molar-refractivity contribution in [3.63, 3.8) is 0 Å². The Balaban J connectivity index is 3.23. The fourth-order valence-corrected chi connectivity index (χ4v) is 3.61. The summed E-state index contributed by atoms with van der Waals surface area (Å²) in [6.07, 6.45) is 6.42. The van der Waals surface area contributed by atoms with Crippen LogP contribution in [0.25, 0.3) is 0 Å². The fraction of sp³-hybridized carbons (Fsp3) is 1.00. The number of rotatable bonds is 13. The second-order valence-electron chi connectivity index (χ2n) is 4.39. The monoisotopic (exact) mass is 261 g/mol. The summed E-state index contributed by atoms with van der Waals surface area (Å²) in [5.41, 5.74) is 5.46. The Bertz CT molecular complexity index is 141. The van der Waals surface area contributed by atoms with Gasteiger partial charge in [0.25, 0.3) is 0 Å². The summed E-state index contributed by atoms with van der Waals surface area (Å²) in [7, 11) is 0.109. The van der Waals surface area contributed by atoms with Crippen molar-refractivity contribution in [3.05, 3.63) is 0 Å². The first-order valence-electron chi connectivity index (χ1n) is 7.28. The maximum absolute atomic E-state index is 5.53. The molecule has 0 fully saturated rings. The molecule has 0 atom stereocenters. The molecule has 2 N–H and O–H groups in total. The van der Waals surface area contributed by atoms with E-state index in [0.717, 1.165) is 26.2 Å². The molecule has 0 radical (unpaired) electrons. The van der Waals surface area contributed by atoms with Gasteiger partial charge in [-0.15, -0.1) is 0 Å². The average Bonchev–Trinajstić information content (AvgIpc) is 2.33. The Morgan fingerprint density at radius 2 is 1.59 bits per heavy atom. The Hall–Kier alpha value is 0.0969. The molecular weight excluding hydrogens is 230 g/mol. The Labute approximate surface area is 109 Å². The maximum atomic E-state index is 5.53. The highest BCUT2D eigenvalue weighted by molar-refractivity contribution is 6.35. The summed E-state index contributed by atoms with van der Waals surface area (Å²) >= 11 is 0. The lowest BCUT2D eigenvalue weighted by atomic mass is 10.2. The van der Waals surface area contributed by atoms with E-state index in [4.69, 9.17) is 15.2 Å². The molecule has 0 spiro atoms. The van der Waals surface area contributed by atoms with Crippen molar-refractivity contribution in [1.29, 1.82) is 0 Å². The third kappa shape index (κ3) is 12.3. The standard InChI is InChI=1S/C13H31NO2Si/c1-3-15-13(16-4-2)9-12-17-11-8-6-5-7-10-14/h13H,3-12,14,17H2,1-2H3. The van der Waals surface area contributed by atoms with Crippen LogP contribution in [-0.4, -0.2) is 35.6 Å². The molecule has 0 saturated heterocycles. The van der Waals surface area contributed by atoms with E-state index in [1.807, 2.05) is 13.8 Å². The fourth-order valence-electron chi connectivity index (χ4n) is 1.93. The molecule has 0 bridgehead atoms. The SMILES string of the molecule is CCOC(CC[SiH2]CCCCCCN)OCC. The molecule has 0 aliphatic carbocycles. The van der Waals surface area contributed by atoms with Crippen LogP contribution < -0.4 is 5.73 Å². The van der Waals surface area contributed by atoms with Crippen LogP contribution in [0.2, 0.25) is 12.1 Å². The van der Waals surface area contributed by atoms with Gasteiger partial charge in [-0.3, -0.25) is 0 Å². The quantitative estimate of drug-likeness (QED) is 0.314. The van der Waals surface area contributed by atoms with Gasteiger partial charge < -0.3 is 15.2 Å². The van der Waals surface area contributed by atoms with Crippen molar-refractivity contribution in [2.75, 3.05) is 19.8 Å². The summed E-state index contributed by atoms with van der Waals surface area (Å²) in [6.45, 7) is 6.42. The van der Waals surface area contributed by atoms with Crippen LogP contribution in [0.5, 0.6) is 0 Å². The summed E-state index contributed by atoms with van der Waals surface area (Å²) in [6, 6.07) is 2.82. The van der Waals surface area contributed by atoms with Crippen molar-refractivity contribution in [2.24, 2.45) is 5.73 Å². The number of hydrogen-bond acceptors (Lipinski definition) is 3. The van der Waals surface area contributed by atoms with Crippen LogP contribution >= 0.6 is 0 Å². The smallest absolute Gasteiger partial charge is 0.157 e. The zero-order valence-corrected chi connectivity index (χ0v) is 13.2. The Morgan fingerprint density at radius 3 is 2.18 bits per heavy atom. The van der Waals surface area contributed by atoms with Crippen LogP contribution in [0.3, 0.4) is 0 Å². The third-order valence-corrected chi connectivity index (χ3v) is 4.76. The lowest BCUT2D eigenvalue weighted by molar-refractivity contribution is -0.136. The lowest BCUT2D eigenvalue weighted by Crippen LogP contribution is -2.17. The maximum Gasteiger partial charge on any atom is 0.157 e. The second kappa shape index (κ2) is 14.2. The van der Waals surface area contributed by atoms with E-state index in [-0.39, 0.29) is 15.8 Å².